The van der Waals surface area contributed by atoms with E-state index in [0.29, 0.717) is 16.3 Å². The minimum atomic E-state index is -3.71. The second-order valence-corrected chi connectivity index (χ2v) is 10.4. The van der Waals surface area contributed by atoms with Gasteiger partial charge in [0.15, 0.2) is 0 Å². The Morgan fingerprint density at radius 2 is 1.58 bits per heavy atom. The van der Waals surface area contributed by atoms with Crippen molar-refractivity contribution in [3.8, 4) is 0 Å². The lowest BCUT2D eigenvalue weighted by Gasteiger charge is -2.34. The van der Waals surface area contributed by atoms with Crippen LogP contribution in [0.25, 0.3) is 10.8 Å². The topological polar surface area (TPSA) is 132 Å². The van der Waals surface area contributed by atoms with Gasteiger partial charge in [-0.3, -0.25) is 15.5 Å². The maximum atomic E-state index is 13.2. The molecule has 0 aliphatic carbocycles. The number of alkyl carbamates (subject to hydrolysis) is 1. The van der Waals surface area contributed by atoms with Gasteiger partial charge < -0.3 is 15.0 Å². The van der Waals surface area contributed by atoms with E-state index >= 15 is 0 Å². The summed E-state index contributed by atoms with van der Waals surface area (Å²) in [7, 11) is -2.52. The number of nitrogens with zero attached hydrogens (tertiary/aromatic N) is 2. The number of ether oxygens (including phenoxy) is 1. The van der Waals surface area contributed by atoms with Gasteiger partial charge in [-0.2, -0.15) is 4.31 Å². The highest BCUT2D eigenvalue weighted by Gasteiger charge is 2.30. The Hall–Kier alpha value is -3.67. The van der Waals surface area contributed by atoms with Crippen molar-refractivity contribution in [3.63, 3.8) is 0 Å². The van der Waals surface area contributed by atoms with E-state index in [-0.39, 0.29) is 42.9 Å². The molecule has 36 heavy (non-hydrogen) atoms. The number of hydrogen-bond donors (Lipinski definition) is 3. The lowest BCUT2D eigenvalue weighted by Crippen LogP contribution is -2.50. The van der Waals surface area contributed by atoms with Crippen molar-refractivity contribution < 1.29 is 22.7 Å². The minimum absolute atomic E-state index is 0.183. The smallest absolute Gasteiger partial charge is 0.413 e. The standard InChI is InChI=1S/C24H24ClN5O5S/c1-35-24(32)28-23(26)27-20-7-3-16(4-8-20)22(31)29-10-12-30(13-11-29)36(33,34)21-9-5-17-14-19(25)6-2-18(17)15-21/h2-9,14-15H,10-13H2,1H3,(H3,26,27,28,32). The molecule has 0 spiro atoms. The molecule has 1 aliphatic rings. The fourth-order valence-electron chi connectivity index (χ4n) is 3.84. The van der Waals surface area contributed by atoms with Crippen LogP contribution in [-0.4, -0.2) is 68.9 Å². The molecule has 0 bridgehead atoms. The lowest BCUT2D eigenvalue weighted by atomic mass is 10.1. The highest BCUT2D eigenvalue weighted by Crippen LogP contribution is 2.25. The highest BCUT2D eigenvalue weighted by molar-refractivity contribution is 7.89. The summed E-state index contributed by atoms with van der Waals surface area (Å²) in [5.41, 5.74) is 0.930. The average Bonchev–Trinajstić information content (AvgIpc) is 2.88. The van der Waals surface area contributed by atoms with Crippen LogP contribution in [0.4, 0.5) is 10.5 Å². The Bertz CT molecular complexity index is 1420. The molecular formula is C24H24ClN5O5S. The number of anilines is 1. The summed E-state index contributed by atoms with van der Waals surface area (Å²) in [6.45, 7) is 0.884. The average molecular weight is 530 g/mol. The molecule has 1 aliphatic heterocycles. The number of carbonyl (C=O) groups excluding carboxylic acids is 2. The second kappa shape index (κ2) is 10.5. The van der Waals surface area contributed by atoms with Crippen LogP contribution in [0.3, 0.4) is 0 Å². The maximum Gasteiger partial charge on any atom is 0.413 e. The molecule has 0 atom stereocenters. The van der Waals surface area contributed by atoms with E-state index in [1.165, 1.54) is 11.4 Å². The number of methoxy groups -OCH3 is 1. The van der Waals surface area contributed by atoms with Gasteiger partial charge >= 0.3 is 6.09 Å². The maximum absolute atomic E-state index is 13.2. The number of piperazine rings is 1. The Balaban J connectivity index is 1.37. The quantitative estimate of drug-likeness (QED) is 0.351. The van der Waals surface area contributed by atoms with E-state index < -0.39 is 16.1 Å². The first-order valence-corrected chi connectivity index (χ1v) is 12.8. The predicted octanol–water partition coefficient (Wildman–Crippen LogP) is 3.34. The molecule has 3 N–H and O–H groups in total. The van der Waals surface area contributed by atoms with Gasteiger partial charge in [0.2, 0.25) is 16.0 Å². The molecule has 1 saturated heterocycles. The first-order chi connectivity index (χ1) is 17.2. The third kappa shape index (κ3) is 5.59. The zero-order chi connectivity index (χ0) is 25.9. The third-order valence-electron chi connectivity index (χ3n) is 5.75. The van der Waals surface area contributed by atoms with Gasteiger partial charge in [-0.25, -0.2) is 13.2 Å². The number of halogens is 1. The summed E-state index contributed by atoms with van der Waals surface area (Å²) < 4.78 is 32.2. The number of amides is 2. The number of hydrogen-bond acceptors (Lipinski definition) is 6. The Kier molecular flexibility index (Phi) is 7.43. The molecule has 2 amide bonds. The molecule has 1 heterocycles. The lowest BCUT2D eigenvalue weighted by molar-refractivity contribution is 0.0698. The zero-order valence-corrected chi connectivity index (χ0v) is 20.9. The first-order valence-electron chi connectivity index (χ1n) is 11.0. The number of fused-ring (bicyclic) bond motifs is 1. The SMILES string of the molecule is COC(=O)NC(=N)Nc1ccc(C(=O)N2CCN(S(=O)(=O)c3ccc4cc(Cl)ccc4c3)CC2)cc1. The molecule has 1 fully saturated rings. The molecule has 0 unspecified atom stereocenters. The Morgan fingerprint density at radius 1 is 0.944 bits per heavy atom. The molecule has 3 aromatic carbocycles. The molecule has 0 aromatic heterocycles. The van der Waals surface area contributed by atoms with Crippen LogP contribution in [0.5, 0.6) is 0 Å². The van der Waals surface area contributed by atoms with Crippen molar-refractivity contribution in [1.29, 1.82) is 5.41 Å². The van der Waals surface area contributed by atoms with Crippen molar-refractivity contribution >= 4 is 56.0 Å². The van der Waals surface area contributed by atoms with Crippen molar-refractivity contribution in [2.24, 2.45) is 0 Å². The van der Waals surface area contributed by atoms with Crippen LogP contribution in [0.15, 0.2) is 65.6 Å². The predicted molar refractivity (Wildman–Crippen MR) is 137 cm³/mol. The number of benzene rings is 3. The van der Waals surface area contributed by atoms with Gasteiger partial charge in [0, 0.05) is 42.5 Å². The summed E-state index contributed by atoms with van der Waals surface area (Å²) >= 11 is 6.01. The van der Waals surface area contributed by atoms with E-state index in [9.17, 15) is 18.0 Å². The molecule has 3 aromatic rings. The van der Waals surface area contributed by atoms with Crippen LogP contribution in [0.1, 0.15) is 10.4 Å². The van der Waals surface area contributed by atoms with Crippen molar-refractivity contribution in [3.05, 3.63) is 71.2 Å². The largest absolute Gasteiger partial charge is 0.453 e. The summed E-state index contributed by atoms with van der Waals surface area (Å²) in [6.07, 6.45) is -0.772. The Morgan fingerprint density at radius 3 is 2.25 bits per heavy atom. The van der Waals surface area contributed by atoms with E-state index in [4.69, 9.17) is 17.0 Å². The first kappa shape index (κ1) is 25.4. The number of rotatable bonds is 4. The monoisotopic (exact) mass is 529 g/mol. The van der Waals surface area contributed by atoms with Crippen molar-refractivity contribution in [2.75, 3.05) is 38.6 Å². The van der Waals surface area contributed by atoms with Crippen LogP contribution in [0.2, 0.25) is 5.02 Å². The molecule has 0 radical (unpaired) electrons. The highest BCUT2D eigenvalue weighted by atomic mass is 35.5. The molecule has 10 nitrogen and oxygen atoms in total. The third-order valence-corrected chi connectivity index (χ3v) is 7.88. The van der Waals surface area contributed by atoms with E-state index in [1.807, 2.05) is 0 Å². The summed E-state index contributed by atoms with van der Waals surface area (Å²) in [4.78, 5) is 25.9. The fraction of sp³-hybridized carbons (Fsp3) is 0.208. The number of guanidine groups is 1. The van der Waals surface area contributed by atoms with Gasteiger partial charge in [0.05, 0.1) is 12.0 Å². The summed E-state index contributed by atoms with van der Waals surface area (Å²) in [5.74, 6) is -0.489. The fourth-order valence-corrected chi connectivity index (χ4v) is 5.48. The van der Waals surface area contributed by atoms with Crippen molar-refractivity contribution in [1.82, 2.24) is 14.5 Å². The number of sulfonamides is 1. The van der Waals surface area contributed by atoms with Gasteiger partial charge in [-0.1, -0.05) is 23.7 Å². The van der Waals surface area contributed by atoms with Crippen LogP contribution in [-0.2, 0) is 14.8 Å². The van der Waals surface area contributed by atoms with Crippen LogP contribution in [0, 0.1) is 5.41 Å². The van der Waals surface area contributed by atoms with E-state index in [0.717, 1.165) is 10.8 Å². The molecule has 188 valence electrons. The number of nitrogens with one attached hydrogen (secondary N) is 3. The van der Waals surface area contributed by atoms with Crippen molar-refractivity contribution in [2.45, 2.75) is 4.90 Å². The molecular weight excluding hydrogens is 506 g/mol. The van der Waals surface area contributed by atoms with Gasteiger partial charge in [-0.05, 0) is 59.3 Å². The van der Waals surface area contributed by atoms with E-state index in [2.05, 4.69) is 15.4 Å². The molecule has 0 saturated carbocycles. The summed E-state index contributed by atoms with van der Waals surface area (Å²) in [6, 6.07) is 16.6. The molecule has 4 rings (SSSR count). The van der Waals surface area contributed by atoms with Gasteiger partial charge in [-0.15, -0.1) is 0 Å². The summed E-state index contributed by atoms with van der Waals surface area (Å²) in [5, 5.41) is 14.8. The van der Waals surface area contributed by atoms with Gasteiger partial charge in [0.1, 0.15) is 0 Å². The molecule has 12 heteroatoms. The normalized spacial score (nSPS) is 14.3. The Labute approximate surface area is 213 Å². The van der Waals surface area contributed by atoms with Gasteiger partial charge in [0.25, 0.3) is 5.91 Å². The number of carbonyl (C=O) groups is 2. The van der Waals surface area contributed by atoms with E-state index in [1.54, 1.807) is 65.6 Å². The minimum Gasteiger partial charge on any atom is -0.453 e. The van der Waals surface area contributed by atoms with Crippen LogP contribution < -0.4 is 10.6 Å². The van der Waals surface area contributed by atoms with Crippen LogP contribution >= 0.6 is 11.6 Å². The zero-order valence-electron chi connectivity index (χ0n) is 19.3. The second-order valence-electron chi connectivity index (χ2n) is 8.04.